The van der Waals surface area contributed by atoms with Crippen molar-refractivity contribution in [1.82, 2.24) is 0 Å². The Bertz CT molecular complexity index is 1060. The molecule has 1 aliphatic carbocycles. The lowest BCUT2D eigenvalue weighted by Gasteiger charge is -2.41. The summed E-state index contributed by atoms with van der Waals surface area (Å²) in [5, 5.41) is 49.4. The fourth-order valence-corrected chi connectivity index (χ4v) is 8.91. The van der Waals surface area contributed by atoms with Crippen LogP contribution in [0.3, 0.4) is 0 Å². The molecule has 6 unspecified atom stereocenters. The van der Waals surface area contributed by atoms with Crippen LogP contribution in [-0.4, -0.2) is 98.3 Å². The molecule has 0 bridgehead atoms. The third-order valence-corrected chi connectivity index (χ3v) is 12.7. The maximum atomic E-state index is 12.5. The highest BCUT2D eigenvalue weighted by Gasteiger charge is 2.51. The Hall–Kier alpha value is -1.15. The lowest BCUT2D eigenvalue weighted by molar-refractivity contribution is -0.220. The summed E-state index contributed by atoms with van der Waals surface area (Å²) in [6.45, 7) is 2.19. The van der Waals surface area contributed by atoms with Gasteiger partial charge >= 0.3 is 19.8 Å². The fraction of sp³-hybridized carbons (Fsp3) is 0.957. The number of hydrogen-bond donors (Lipinski definition) is 6. The standard InChI is InChI=1S/C46H89O13P/c1-3-4-5-6-7-8-9-10-11-12-13-14-15-16-17-18-19-20-21-22-23-24-25-26-27-28-29-30-31-32-33-34-35-40(48)56-36-39(58-38(2)47)37-57-60(54,55)59-46-44(52)42(50)41(49)43(51)45(46)53/h39,41-46,49-53H,3-37H2,1-2H3,(H,54,55)/t39-,41?,42-,43?,44?,45?,46?/m1/s1. The van der Waals surface area contributed by atoms with Crippen molar-refractivity contribution >= 4 is 19.8 Å². The molecule has 1 aliphatic rings. The zero-order chi connectivity index (χ0) is 44.3. The van der Waals surface area contributed by atoms with E-state index in [0.29, 0.717) is 6.42 Å². The van der Waals surface area contributed by atoms with Gasteiger partial charge in [0, 0.05) is 13.3 Å². The molecule has 0 aliphatic heterocycles. The molecule has 0 heterocycles. The first-order valence-corrected chi connectivity index (χ1v) is 25.8. The fourth-order valence-electron chi connectivity index (χ4n) is 7.94. The maximum absolute atomic E-state index is 12.5. The molecule has 0 radical (unpaired) electrons. The van der Waals surface area contributed by atoms with Crippen molar-refractivity contribution < 1.29 is 63.1 Å². The van der Waals surface area contributed by atoms with Gasteiger partial charge in [0.25, 0.3) is 0 Å². The Labute approximate surface area is 363 Å². The van der Waals surface area contributed by atoms with Gasteiger partial charge < -0.3 is 39.9 Å². The average molecular weight is 881 g/mol. The molecule has 0 saturated heterocycles. The van der Waals surface area contributed by atoms with Crippen molar-refractivity contribution in [3.63, 3.8) is 0 Å². The molecule has 14 heteroatoms. The Morgan fingerprint density at radius 1 is 0.483 bits per heavy atom. The minimum atomic E-state index is -5.07. The third kappa shape index (κ3) is 30.0. The molecule has 1 rings (SSSR count). The van der Waals surface area contributed by atoms with Crippen LogP contribution in [0.25, 0.3) is 0 Å². The number of phosphoric acid groups is 1. The van der Waals surface area contributed by atoms with E-state index >= 15 is 0 Å². The molecule has 60 heavy (non-hydrogen) atoms. The van der Waals surface area contributed by atoms with Gasteiger partial charge in [-0.25, -0.2) is 4.57 Å². The Morgan fingerprint density at radius 3 is 1.10 bits per heavy atom. The normalized spacial score (nSPS) is 22.1. The van der Waals surface area contributed by atoms with Crippen molar-refractivity contribution in [3.05, 3.63) is 0 Å². The summed E-state index contributed by atoms with van der Waals surface area (Å²) in [6.07, 6.45) is 29.7. The van der Waals surface area contributed by atoms with Crippen molar-refractivity contribution in [3.8, 4) is 0 Å². The van der Waals surface area contributed by atoms with E-state index in [9.17, 15) is 44.6 Å². The Kier molecular flexibility index (Phi) is 35.3. The minimum Gasteiger partial charge on any atom is -0.462 e. The van der Waals surface area contributed by atoms with Crippen molar-refractivity contribution in [1.29, 1.82) is 0 Å². The zero-order valence-electron chi connectivity index (χ0n) is 37.8. The van der Waals surface area contributed by atoms with E-state index in [1.807, 2.05) is 0 Å². The number of ether oxygens (including phenoxy) is 2. The predicted molar refractivity (Wildman–Crippen MR) is 235 cm³/mol. The van der Waals surface area contributed by atoms with Crippen LogP contribution in [0.4, 0.5) is 0 Å². The van der Waals surface area contributed by atoms with Crippen molar-refractivity contribution in [2.75, 3.05) is 13.2 Å². The summed E-state index contributed by atoms with van der Waals surface area (Å²) in [4.78, 5) is 33.9. The first-order chi connectivity index (χ1) is 28.9. The summed E-state index contributed by atoms with van der Waals surface area (Å²) >= 11 is 0. The third-order valence-electron chi connectivity index (χ3n) is 11.7. The Morgan fingerprint density at radius 2 is 0.783 bits per heavy atom. The number of phosphoric ester groups is 1. The van der Waals surface area contributed by atoms with Crippen LogP contribution in [0, 0.1) is 0 Å². The average Bonchev–Trinajstić information content (AvgIpc) is 3.22. The summed E-state index contributed by atoms with van der Waals surface area (Å²) in [5.74, 6) is -1.28. The summed E-state index contributed by atoms with van der Waals surface area (Å²) in [7, 11) is -5.07. The molecule has 0 aromatic heterocycles. The molecular formula is C46H89O13P. The van der Waals surface area contributed by atoms with Gasteiger partial charge in [-0.15, -0.1) is 0 Å². The first-order valence-electron chi connectivity index (χ1n) is 24.3. The van der Waals surface area contributed by atoms with E-state index in [1.165, 1.54) is 180 Å². The van der Waals surface area contributed by atoms with E-state index in [-0.39, 0.29) is 6.42 Å². The van der Waals surface area contributed by atoms with Crippen LogP contribution in [0.5, 0.6) is 0 Å². The summed E-state index contributed by atoms with van der Waals surface area (Å²) < 4.78 is 32.2. The number of unbranched alkanes of at least 4 members (excludes halogenated alkanes) is 31. The molecular weight excluding hydrogens is 791 g/mol. The van der Waals surface area contributed by atoms with Gasteiger partial charge in [-0.2, -0.15) is 0 Å². The highest BCUT2D eigenvalue weighted by Crippen LogP contribution is 2.47. The largest absolute Gasteiger partial charge is 0.472 e. The number of carbonyl (C=O) groups is 2. The molecule has 356 valence electrons. The molecule has 0 aromatic carbocycles. The first kappa shape index (κ1) is 56.9. The highest BCUT2D eigenvalue weighted by atomic mass is 31.2. The number of rotatable bonds is 41. The van der Waals surface area contributed by atoms with Gasteiger partial charge in [-0.3, -0.25) is 18.6 Å². The van der Waals surface area contributed by atoms with Crippen LogP contribution in [0.15, 0.2) is 0 Å². The molecule has 8 atom stereocenters. The van der Waals surface area contributed by atoms with Crippen LogP contribution >= 0.6 is 7.82 Å². The quantitative estimate of drug-likeness (QED) is 0.0192. The maximum Gasteiger partial charge on any atom is 0.472 e. The second-order valence-electron chi connectivity index (χ2n) is 17.4. The SMILES string of the molecule is CCCCCCCCCCCCCCCCCCCCCCCCCCCCCCCCCCC(=O)OC[C@H](COP(=O)(O)OC1C(O)C(O)C(O)[C@@H](O)C1O)OC(C)=O. The van der Waals surface area contributed by atoms with Gasteiger partial charge in [0.1, 0.15) is 43.2 Å². The predicted octanol–water partition coefficient (Wildman–Crippen LogP) is 9.67. The van der Waals surface area contributed by atoms with Gasteiger partial charge in [-0.1, -0.05) is 206 Å². The van der Waals surface area contributed by atoms with Crippen LogP contribution in [-0.2, 0) is 32.7 Å². The molecule has 0 amide bonds. The zero-order valence-corrected chi connectivity index (χ0v) is 38.7. The summed E-state index contributed by atoms with van der Waals surface area (Å²) in [6, 6.07) is 0. The lowest BCUT2D eigenvalue weighted by atomic mass is 9.85. The topological polar surface area (TPSA) is 210 Å². The number of aliphatic hydroxyl groups is 5. The molecule has 0 aromatic rings. The lowest BCUT2D eigenvalue weighted by Crippen LogP contribution is -2.64. The van der Waals surface area contributed by atoms with Crippen LogP contribution in [0.2, 0.25) is 0 Å². The number of carbonyl (C=O) groups excluding carboxylic acids is 2. The van der Waals surface area contributed by atoms with E-state index < -0.39 is 75.7 Å². The Balaban J connectivity index is 1.92. The number of esters is 2. The molecule has 1 saturated carbocycles. The number of aliphatic hydroxyl groups excluding tert-OH is 5. The second-order valence-corrected chi connectivity index (χ2v) is 18.8. The van der Waals surface area contributed by atoms with Crippen LogP contribution < -0.4 is 0 Å². The van der Waals surface area contributed by atoms with E-state index in [2.05, 4.69) is 6.92 Å². The number of hydrogen-bond acceptors (Lipinski definition) is 12. The molecule has 0 spiro atoms. The molecule has 13 nitrogen and oxygen atoms in total. The smallest absolute Gasteiger partial charge is 0.462 e. The van der Waals surface area contributed by atoms with Gasteiger partial charge in [0.05, 0.1) is 6.61 Å². The second kappa shape index (κ2) is 37.2. The van der Waals surface area contributed by atoms with E-state index in [4.69, 9.17) is 18.5 Å². The van der Waals surface area contributed by atoms with Crippen molar-refractivity contribution in [2.24, 2.45) is 0 Å². The summed E-state index contributed by atoms with van der Waals surface area (Å²) in [5.41, 5.74) is 0. The van der Waals surface area contributed by atoms with Crippen LogP contribution in [0.1, 0.15) is 226 Å². The van der Waals surface area contributed by atoms with Gasteiger partial charge in [0.15, 0.2) is 6.10 Å². The monoisotopic (exact) mass is 881 g/mol. The van der Waals surface area contributed by atoms with Gasteiger partial charge in [-0.05, 0) is 6.42 Å². The van der Waals surface area contributed by atoms with E-state index in [0.717, 1.165) is 26.2 Å². The van der Waals surface area contributed by atoms with Gasteiger partial charge in [0.2, 0.25) is 0 Å². The minimum absolute atomic E-state index is 0.169. The molecule has 6 N–H and O–H groups in total. The highest BCUT2D eigenvalue weighted by molar-refractivity contribution is 7.47. The van der Waals surface area contributed by atoms with E-state index in [1.54, 1.807) is 0 Å². The van der Waals surface area contributed by atoms with Crippen molar-refractivity contribution in [2.45, 2.75) is 268 Å². The molecule has 1 fully saturated rings.